The maximum absolute atomic E-state index is 11.1. The first kappa shape index (κ1) is 10.5. The summed E-state index contributed by atoms with van der Waals surface area (Å²) in [6.45, 7) is 4.92. The predicted octanol–water partition coefficient (Wildman–Crippen LogP) is 1.10. The highest BCUT2D eigenvalue weighted by Crippen LogP contribution is 2.33. The Bertz CT molecular complexity index is 213. The smallest absolute Gasteiger partial charge is 0.221 e. The summed E-state index contributed by atoms with van der Waals surface area (Å²) in [5, 5.41) is 3.13. The quantitative estimate of drug-likeness (QED) is 0.641. The first-order valence-electron chi connectivity index (χ1n) is 5.05. The second-order valence-corrected chi connectivity index (χ2v) is 4.58. The van der Waals surface area contributed by atoms with E-state index in [0.717, 1.165) is 23.9 Å². The minimum atomic E-state index is -0.00810. The van der Waals surface area contributed by atoms with Crippen LogP contribution >= 0.6 is 0 Å². The maximum atomic E-state index is 11.1. The summed E-state index contributed by atoms with van der Waals surface area (Å²) in [5.41, 5.74) is -0.00810. The molecule has 1 aliphatic rings. The molecule has 1 heterocycles. The van der Waals surface area contributed by atoms with E-state index in [-0.39, 0.29) is 11.6 Å². The Morgan fingerprint density at radius 1 is 1.54 bits per heavy atom. The molecule has 1 N–H and O–H groups in total. The van der Waals surface area contributed by atoms with Gasteiger partial charge < -0.3 is 9.80 Å². The lowest BCUT2D eigenvalue weighted by atomic mass is 10.0. The number of quaternary nitrogens is 1. The van der Waals surface area contributed by atoms with Crippen LogP contribution in [0, 0.1) is 0 Å². The van der Waals surface area contributed by atoms with Crippen LogP contribution in [-0.2, 0) is 4.79 Å². The van der Waals surface area contributed by atoms with Crippen LogP contribution in [0.1, 0.15) is 33.1 Å². The van der Waals surface area contributed by atoms with Gasteiger partial charge in [-0.1, -0.05) is 6.92 Å². The van der Waals surface area contributed by atoms with Crippen LogP contribution in [0.15, 0.2) is 0 Å². The number of rotatable bonds is 2. The SMILES string of the molecule is CCC1(NC(C)=O)CCC[N+]1(C)C. The Hall–Kier alpha value is -0.570. The molecule has 76 valence electrons. The van der Waals surface area contributed by atoms with E-state index in [1.807, 2.05) is 0 Å². The number of amides is 1. The minimum absolute atomic E-state index is 0.00810. The van der Waals surface area contributed by atoms with Gasteiger partial charge in [0.05, 0.1) is 20.6 Å². The average Bonchev–Trinajstić information content (AvgIpc) is 2.27. The van der Waals surface area contributed by atoms with Crippen molar-refractivity contribution in [1.29, 1.82) is 0 Å². The molecule has 1 atom stereocenters. The fourth-order valence-electron chi connectivity index (χ4n) is 2.52. The van der Waals surface area contributed by atoms with Crippen molar-refractivity contribution in [2.24, 2.45) is 0 Å². The van der Waals surface area contributed by atoms with Crippen LogP contribution in [0.2, 0.25) is 0 Å². The van der Waals surface area contributed by atoms with Gasteiger partial charge in [0, 0.05) is 26.2 Å². The topological polar surface area (TPSA) is 29.1 Å². The highest BCUT2D eigenvalue weighted by atomic mass is 16.1. The Balaban J connectivity index is 2.85. The van der Waals surface area contributed by atoms with Crippen molar-refractivity contribution in [2.45, 2.75) is 38.8 Å². The van der Waals surface area contributed by atoms with Crippen molar-refractivity contribution in [2.75, 3.05) is 20.6 Å². The van der Waals surface area contributed by atoms with Gasteiger partial charge in [0.1, 0.15) is 0 Å². The van der Waals surface area contributed by atoms with E-state index in [2.05, 4.69) is 26.3 Å². The molecule has 1 fully saturated rings. The van der Waals surface area contributed by atoms with E-state index in [4.69, 9.17) is 0 Å². The number of carbonyl (C=O) groups excluding carboxylic acids is 1. The molecule has 1 amide bonds. The molecule has 13 heavy (non-hydrogen) atoms. The lowest BCUT2D eigenvalue weighted by Gasteiger charge is -2.43. The molecule has 0 saturated carbocycles. The highest BCUT2D eigenvalue weighted by Gasteiger charge is 2.48. The van der Waals surface area contributed by atoms with E-state index in [9.17, 15) is 4.79 Å². The summed E-state index contributed by atoms with van der Waals surface area (Å²) < 4.78 is 0.920. The van der Waals surface area contributed by atoms with Crippen molar-refractivity contribution in [3.8, 4) is 0 Å². The predicted molar refractivity (Wildman–Crippen MR) is 53.0 cm³/mol. The molecule has 0 radical (unpaired) electrons. The molecule has 0 aromatic carbocycles. The lowest BCUT2D eigenvalue weighted by molar-refractivity contribution is -0.931. The second kappa shape index (κ2) is 3.29. The van der Waals surface area contributed by atoms with Crippen LogP contribution < -0.4 is 5.32 Å². The van der Waals surface area contributed by atoms with Crippen molar-refractivity contribution < 1.29 is 9.28 Å². The average molecular weight is 185 g/mol. The standard InChI is InChI=1S/C10H20N2O/c1-5-10(11-9(2)13)7-6-8-12(10,3)4/h5-8H2,1-4H3/p+1. The Morgan fingerprint density at radius 3 is 2.46 bits per heavy atom. The van der Waals surface area contributed by atoms with Crippen LogP contribution in [-0.4, -0.2) is 36.7 Å². The molecule has 0 spiro atoms. The molecule has 0 bridgehead atoms. The second-order valence-electron chi connectivity index (χ2n) is 4.58. The normalized spacial score (nSPS) is 31.7. The molecule has 3 heteroatoms. The number of nitrogens with zero attached hydrogens (tertiary/aromatic N) is 1. The minimum Gasteiger partial charge on any atom is -0.307 e. The number of hydrogen-bond acceptors (Lipinski definition) is 1. The first-order valence-corrected chi connectivity index (χ1v) is 5.05. The number of likely N-dealkylation sites (tertiary alicyclic amines) is 1. The molecule has 1 unspecified atom stereocenters. The van der Waals surface area contributed by atoms with Gasteiger partial charge in [-0.15, -0.1) is 0 Å². The molecule has 1 rings (SSSR count). The molecule has 1 saturated heterocycles. The van der Waals surface area contributed by atoms with Crippen molar-refractivity contribution in [1.82, 2.24) is 5.32 Å². The third-order valence-corrected chi connectivity index (χ3v) is 3.46. The molecule has 3 nitrogen and oxygen atoms in total. The Labute approximate surface area is 80.7 Å². The van der Waals surface area contributed by atoms with Gasteiger partial charge in [-0.05, 0) is 0 Å². The van der Waals surface area contributed by atoms with Crippen LogP contribution in [0.3, 0.4) is 0 Å². The van der Waals surface area contributed by atoms with E-state index in [1.54, 1.807) is 6.92 Å². The van der Waals surface area contributed by atoms with E-state index < -0.39 is 0 Å². The van der Waals surface area contributed by atoms with Crippen molar-refractivity contribution in [3.63, 3.8) is 0 Å². The molecule has 1 aliphatic heterocycles. The van der Waals surface area contributed by atoms with E-state index in [0.29, 0.717) is 0 Å². The van der Waals surface area contributed by atoms with Gasteiger partial charge in [-0.25, -0.2) is 0 Å². The lowest BCUT2D eigenvalue weighted by Crippen LogP contribution is -2.64. The molecule has 0 aromatic heterocycles. The zero-order chi connectivity index (χ0) is 10.1. The molecule has 0 aliphatic carbocycles. The summed E-state index contributed by atoms with van der Waals surface area (Å²) in [4.78, 5) is 11.1. The number of hydrogen-bond donors (Lipinski definition) is 1. The summed E-state index contributed by atoms with van der Waals surface area (Å²) in [6, 6.07) is 0. The van der Waals surface area contributed by atoms with E-state index >= 15 is 0 Å². The number of nitrogens with one attached hydrogen (secondary N) is 1. The summed E-state index contributed by atoms with van der Waals surface area (Å²) in [5.74, 6) is 0.0925. The largest absolute Gasteiger partial charge is 0.307 e. The number of carbonyl (C=O) groups is 1. The fourth-order valence-corrected chi connectivity index (χ4v) is 2.52. The fraction of sp³-hybridized carbons (Fsp3) is 0.900. The van der Waals surface area contributed by atoms with Gasteiger partial charge >= 0.3 is 0 Å². The van der Waals surface area contributed by atoms with Crippen molar-refractivity contribution in [3.05, 3.63) is 0 Å². The molecular weight excluding hydrogens is 164 g/mol. The van der Waals surface area contributed by atoms with Gasteiger partial charge in [0.25, 0.3) is 0 Å². The third-order valence-electron chi connectivity index (χ3n) is 3.46. The zero-order valence-corrected chi connectivity index (χ0v) is 9.18. The Morgan fingerprint density at radius 2 is 2.15 bits per heavy atom. The van der Waals surface area contributed by atoms with Gasteiger partial charge in [0.2, 0.25) is 5.91 Å². The van der Waals surface area contributed by atoms with Crippen LogP contribution in [0.5, 0.6) is 0 Å². The summed E-state index contributed by atoms with van der Waals surface area (Å²) >= 11 is 0. The van der Waals surface area contributed by atoms with Gasteiger partial charge in [0.15, 0.2) is 5.66 Å². The van der Waals surface area contributed by atoms with E-state index in [1.165, 1.54) is 6.42 Å². The van der Waals surface area contributed by atoms with Gasteiger partial charge in [-0.2, -0.15) is 0 Å². The summed E-state index contributed by atoms with van der Waals surface area (Å²) in [7, 11) is 4.40. The monoisotopic (exact) mass is 185 g/mol. The van der Waals surface area contributed by atoms with Crippen molar-refractivity contribution >= 4 is 5.91 Å². The van der Waals surface area contributed by atoms with Gasteiger partial charge in [-0.3, -0.25) is 4.79 Å². The van der Waals surface area contributed by atoms with Crippen LogP contribution in [0.25, 0.3) is 0 Å². The third kappa shape index (κ3) is 1.70. The molecular formula is C10H21N2O+. The zero-order valence-electron chi connectivity index (χ0n) is 9.18. The van der Waals surface area contributed by atoms with Crippen LogP contribution in [0.4, 0.5) is 0 Å². The highest BCUT2D eigenvalue weighted by molar-refractivity contribution is 5.73. The maximum Gasteiger partial charge on any atom is 0.221 e. The molecule has 0 aromatic rings. The summed E-state index contributed by atoms with van der Waals surface area (Å²) in [6.07, 6.45) is 3.33. The first-order chi connectivity index (χ1) is 5.93. The Kier molecular flexibility index (Phi) is 2.66.